The van der Waals surface area contributed by atoms with Gasteiger partial charge in [0, 0.05) is 51.0 Å². The first-order valence-corrected chi connectivity index (χ1v) is 16.9. The Morgan fingerprint density at radius 2 is 1.83 bits per heavy atom. The molecular formula is C35H55N3O8. The third kappa shape index (κ3) is 9.35. The largest absolute Gasteiger partial charge is 0.457 e. The van der Waals surface area contributed by atoms with Gasteiger partial charge in [-0.15, -0.1) is 0 Å². The van der Waals surface area contributed by atoms with Crippen molar-refractivity contribution in [1.29, 1.82) is 0 Å². The number of rotatable bonds is 6. The summed E-state index contributed by atoms with van der Waals surface area (Å²) < 4.78 is 22.9. The number of likely N-dealkylation sites (tertiary alicyclic amines) is 1. The minimum Gasteiger partial charge on any atom is -0.457 e. The molecule has 1 spiro atoms. The van der Waals surface area contributed by atoms with E-state index in [-0.39, 0.29) is 48.4 Å². The van der Waals surface area contributed by atoms with E-state index in [2.05, 4.69) is 4.90 Å². The van der Waals surface area contributed by atoms with E-state index < -0.39 is 23.9 Å². The molecule has 0 saturated carbocycles. The summed E-state index contributed by atoms with van der Waals surface area (Å²) in [6.07, 6.45) is 10.4. The number of allylic oxidation sites excluding steroid dienone is 2. The number of piperazine rings is 1. The molecule has 0 aromatic carbocycles. The van der Waals surface area contributed by atoms with Crippen LogP contribution in [0.5, 0.6) is 0 Å². The topological polar surface area (TPSA) is 118 Å². The molecule has 258 valence electrons. The van der Waals surface area contributed by atoms with E-state index in [1.807, 2.05) is 63.9 Å². The molecule has 0 bridgehead atoms. The Labute approximate surface area is 274 Å². The average Bonchev–Trinajstić information content (AvgIpc) is 3.46. The zero-order valence-electron chi connectivity index (χ0n) is 28.6. The molecule has 11 nitrogen and oxygen atoms in total. The van der Waals surface area contributed by atoms with E-state index in [1.54, 1.807) is 17.9 Å². The Hall–Kier alpha value is -2.89. The van der Waals surface area contributed by atoms with Crippen LogP contribution >= 0.6 is 0 Å². The number of likely N-dealkylation sites (N-methyl/N-ethyl adjacent to an activating group) is 1. The SMILES string of the molecule is C/C(=C\C=C\[C@@H](C)COC(=O)N1CCCC12COC2)[C@H]1OC(=O)C[C@H](C)CC[C@@](C)(O)[C@@H](OC(=O)N2CCN(C)CC2)/C=C/[C@@H]1C. The first-order chi connectivity index (χ1) is 21.8. The van der Waals surface area contributed by atoms with Crippen LogP contribution in [0.2, 0.25) is 0 Å². The van der Waals surface area contributed by atoms with Crippen molar-refractivity contribution < 1.29 is 38.4 Å². The van der Waals surface area contributed by atoms with Gasteiger partial charge in [0.1, 0.15) is 11.7 Å². The van der Waals surface area contributed by atoms with Crippen molar-refractivity contribution in [3.63, 3.8) is 0 Å². The Morgan fingerprint density at radius 1 is 1.11 bits per heavy atom. The standard InChI is InChI=1S/C35H55N3O8/c1-25-13-15-34(5,42)29(45-32(40)37-19-17-36(6)18-20-37)12-11-28(4)31(46-30(39)21-25)27(3)10-7-9-26(2)22-44-33(41)38-16-8-14-35(38)23-43-24-35/h7,9-12,25-26,28-29,31,42H,8,13-24H2,1-6H3/b9-7+,12-11+,27-10+/t25-,26-,28+,29+,31-,34-/m1/s1. The zero-order valence-corrected chi connectivity index (χ0v) is 28.6. The zero-order chi connectivity index (χ0) is 33.5. The van der Waals surface area contributed by atoms with Crippen LogP contribution in [0.25, 0.3) is 0 Å². The van der Waals surface area contributed by atoms with E-state index in [1.165, 1.54) is 0 Å². The van der Waals surface area contributed by atoms with Gasteiger partial charge in [0.05, 0.1) is 25.4 Å². The molecule has 3 fully saturated rings. The molecule has 4 aliphatic rings. The van der Waals surface area contributed by atoms with Gasteiger partial charge in [0.25, 0.3) is 0 Å². The van der Waals surface area contributed by atoms with Gasteiger partial charge in [-0.05, 0) is 64.1 Å². The maximum absolute atomic E-state index is 13.1. The highest BCUT2D eigenvalue weighted by molar-refractivity contribution is 5.70. The highest BCUT2D eigenvalue weighted by Gasteiger charge is 2.50. The van der Waals surface area contributed by atoms with Gasteiger partial charge in [-0.25, -0.2) is 9.59 Å². The molecule has 4 rings (SSSR count). The van der Waals surface area contributed by atoms with Gasteiger partial charge in [-0.1, -0.05) is 45.1 Å². The number of amides is 2. The summed E-state index contributed by atoms with van der Waals surface area (Å²) in [5.74, 6) is -0.582. The number of ether oxygens (including phenoxy) is 4. The number of hydrogen-bond donors (Lipinski definition) is 1. The molecule has 4 aliphatic heterocycles. The first kappa shape index (κ1) is 36.0. The number of hydrogen-bond acceptors (Lipinski definition) is 9. The molecular weight excluding hydrogens is 590 g/mol. The monoisotopic (exact) mass is 645 g/mol. The predicted octanol–water partition coefficient (Wildman–Crippen LogP) is 4.55. The van der Waals surface area contributed by atoms with Crippen LogP contribution in [-0.2, 0) is 23.7 Å². The highest BCUT2D eigenvalue weighted by Crippen LogP contribution is 2.36. The molecule has 0 aromatic heterocycles. The fourth-order valence-corrected chi connectivity index (χ4v) is 6.48. The minimum absolute atomic E-state index is 0.0146. The lowest BCUT2D eigenvalue weighted by Crippen LogP contribution is -2.60. The Morgan fingerprint density at radius 3 is 2.50 bits per heavy atom. The fraction of sp³-hybridized carbons (Fsp3) is 0.743. The average molecular weight is 646 g/mol. The summed E-state index contributed by atoms with van der Waals surface area (Å²) in [4.78, 5) is 44.4. The van der Waals surface area contributed by atoms with Gasteiger partial charge in [-0.2, -0.15) is 0 Å². The lowest BCUT2D eigenvalue weighted by atomic mass is 9.87. The summed E-state index contributed by atoms with van der Waals surface area (Å²) in [6.45, 7) is 14.3. The molecule has 2 amide bonds. The van der Waals surface area contributed by atoms with Crippen molar-refractivity contribution in [2.24, 2.45) is 17.8 Å². The normalized spacial score (nSPS) is 32.7. The number of cyclic esters (lactones) is 1. The molecule has 46 heavy (non-hydrogen) atoms. The number of carbonyl (C=O) groups is 3. The van der Waals surface area contributed by atoms with Crippen molar-refractivity contribution in [3.8, 4) is 0 Å². The summed E-state index contributed by atoms with van der Waals surface area (Å²) in [5, 5.41) is 11.5. The van der Waals surface area contributed by atoms with Crippen LogP contribution < -0.4 is 0 Å². The van der Waals surface area contributed by atoms with Crippen molar-refractivity contribution in [2.75, 3.05) is 59.6 Å². The van der Waals surface area contributed by atoms with Crippen molar-refractivity contribution in [3.05, 3.63) is 36.0 Å². The second-order valence-electron chi connectivity index (χ2n) is 14.3. The van der Waals surface area contributed by atoms with E-state index in [0.717, 1.165) is 31.5 Å². The molecule has 11 heteroatoms. The van der Waals surface area contributed by atoms with Crippen LogP contribution in [0, 0.1) is 17.8 Å². The second-order valence-corrected chi connectivity index (χ2v) is 14.3. The molecule has 1 N–H and O–H groups in total. The summed E-state index contributed by atoms with van der Waals surface area (Å²) >= 11 is 0. The molecule has 0 unspecified atom stereocenters. The molecule has 3 saturated heterocycles. The van der Waals surface area contributed by atoms with Crippen molar-refractivity contribution >= 4 is 18.2 Å². The summed E-state index contributed by atoms with van der Waals surface area (Å²) in [6, 6.07) is 0. The third-order valence-electron chi connectivity index (χ3n) is 9.86. The van der Waals surface area contributed by atoms with Gasteiger partial charge in [0.2, 0.25) is 0 Å². The van der Waals surface area contributed by atoms with Gasteiger partial charge >= 0.3 is 18.2 Å². The number of carbonyl (C=O) groups excluding carboxylic acids is 3. The number of nitrogens with zero attached hydrogens (tertiary/aromatic N) is 3. The Balaban J connectivity index is 1.41. The molecule has 6 atom stereocenters. The van der Waals surface area contributed by atoms with E-state index in [9.17, 15) is 19.5 Å². The van der Waals surface area contributed by atoms with Gasteiger partial charge in [0.15, 0.2) is 6.10 Å². The van der Waals surface area contributed by atoms with Gasteiger partial charge in [-0.3, -0.25) is 9.69 Å². The van der Waals surface area contributed by atoms with Crippen molar-refractivity contribution in [2.45, 2.75) is 90.1 Å². The molecule has 0 aromatic rings. The van der Waals surface area contributed by atoms with E-state index >= 15 is 0 Å². The van der Waals surface area contributed by atoms with Crippen LogP contribution in [0.1, 0.15) is 66.7 Å². The van der Waals surface area contributed by atoms with Crippen molar-refractivity contribution in [1.82, 2.24) is 14.7 Å². The first-order valence-electron chi connectivity index (χ1n) is 16.9. The summed E-state index contributed by atoms with van der Waals surface area (Å²) in [5.41, 5.74) is -0.636. The second kappa shape index (κ2) is 15.8. The minimum atomic E-state index is -1.31. The maximum atomic E-state index is 13.1. The van der Waals surface area contributed by atoms with E-state index in [0.29, 0.717) is 45.7 Å². The molecule has 4 heterocycles. The molecule has 0 radical (unpaired) electrons. The van der Waals surface area contributed by atoms with Crippen LogP contribution in [0.3, 0.4) is 0 Å². The lowest BCUT2D eigenvalue weighted by molar-refractivity contribution is -0.150. The summed E-state index contributed by atoms with van der Waals surface area (Å²) in [7, 11) is 2.02. The fourth-order valence-electron chi connectivity index (χ4n) is 6.48. The highest BCUT2D eigenvalue weighted by atomic mass is 16.6. The van der Waals surface area contributed by atoms with Crippen LogP contribution in [0.4, 0.5) is 9.59 Å². The van der Waals surface area contributed by atoms with Crippen LogP contribution in [0.15, 0.2) is 36.0 Å². The number of esters is 1. The maximum Gasteiger partial charge on any atom is 0.410 e. The van der Waals surface area contributed by atoms with E-state index in [4.69, 9.17) is 18.9 Å². The lowest BCUT2D eigenvalue weighted by Gasteiger charge is -2.44. The van der Waals surface area contributed by atoms with Gasteiger partial charge < -0.3 is 33.9 Å². The molecule has 0 aliphatic carbocycles. The number of aliphatic hydroxyl groups is 1. The quantitative estimate of drug-likeness (QED) is 0.192. The van der Waals surface area contributed by atoms with Crippen LogP contribution in [-0.4, -0.2) is 121 Å². The smallest absolute Gasteiger partial charge is 0.410 e. The Kier molecular flexibility index (Phi) is 12.4. The predicted molar refractivity (Wildman–Crippen MR) is 174 cm³/mol. The third-order valence-corrected chi connectivity index (χ3v) is 9.86. The Bertz CT molecular complexity index is 1150.